The molecule has 0 spiro atoms. The van der Waals surface area contributed by atoms with E-state index in [1.807, 2.05) is 18.2 Å². The summed E-state index contributed by atoms with van der Waals surface area (Å²) in [6.07, 6.45) is 25.1. The van der Waals surface area contributed by atoms with Crippen LogP contribution in [0.4, 0.5) is 0 Å². The van der Waals surface area contributed by atoms with Crippen molar-refractivity contribution in [2.24, 2.45) is 35.5 Å². The van der Waals surface area contributed by atoms with Crippen LogP contribution in [0.3, 0.4) is 0 Å². The van der Waals surface area contributed by atoms with Gasteiger partial charge >= 0.3 is 5.97 Å². The molecule has 3 heterocycles. The number of fused-ring (bicyclic) bond motifs is 6. The highest BCUT2D eigenvalue weighted by Crippen LogP contribution is 2.69. The number of ether oxygens (including phenoxy) is 3. The molecule has 8 heteroatoms. The number of phenolic OH excluding ortho intramolecular Hbond substituents is 2. The molecule has 0 radical (unpaired) electrons. The maximum absolute atomic E-state index is 11.8. The lowest BCUT2D eigenvalue weighted by molar-refractivity contribution is -0.0404. The quantitative estimate of drug-likeness (QED) is 0.140. The van der Waals surface area contributed by atoms with Gasteiger partial charge in [-0.2, -0.15) is 0 Å². The highest BCUT2D eigenvalue weighted by Gasteiger charge is 2.63. The third kappa shape index (κ3) is 11.0. The Hall–Kier alpha value is -4.07. The lowest BCUT2D eigenvalue weighted by Gasteiger charge is -2.52. The Labute approximate surface area is 441 Å². The number of hydrogen-bond acceptors (Lipinski definition) is 7. The van der Waals surface area contributed by atoms with Crippen LogP contribution in [0.15, 0.2) is 30.3 Å². The average molecular weight is 1010 g/mol. The first-order valence-corrected chi connectivity index (χ1v) is 29.9. The van der Waals surface area contributed by atoms with Crippen LogP contribution in [0.2, 0.25) is 0 Å². The van der Waals surface area contributed by atoms with Gasteiger partial charge in [0.25, 0.3) is 0 Å². The molecule has 0 aromatic heterocycles. The second-order valence-electron chi connectivity index (χ2n) is 24.6. The molecule has 406 valence electrons. The SMILES string of the molecule is CCC.CCC.CCC.CCCCCc1cc(O)c2c(c1)O[C@]1(C)CCC3C[C@H]2[C@@H]31.CCCCCc1cc2c(c(O)c1C(=O)O)[C@H]1CC3CC[C@@](C)(O2)[C@H]31.CCCc1cc(O)c2c(c1)O[C@]1(C)CCC3C[C@H]2[C@@H]31. The minimum atomic E-state index is -1.03. The molecular weight excluding hydrogens is 909 g/mol. The highest BCUT2D eigenvalue weighted by molar-refractivity contribution is 5.94. The molecule has 6 fully saturated rings. The van der Waals surface area contributed by atoms with Crippen LogP contribution in [0.25, 0.3) is 0 Å². The topological polar surface area (TPSA) is 126 Å². The van der Waals surface area contributed by atoms with Gasteiger partial charge in [-0.05, 0) is 193 Å². The van der Waals surface area contributed by atoms with Gasteiger partial charge in [0.1, 0.15) is 56.9 Å². The van der Waals surface area contributed by atoms with Gasteiger partial charge in [-0.1, -0.05) is 114 Å². The molecule has 8 nitrogen and oxygen atoms in total. The number of aromatic carboxylic acids is 1. The van der Waals surface area contributed by atoms with Crippen LogP contribution in [-0.2, 0) is 19.3 Å². The second-order valence-corrected chi connectivity index (χ2v) is 24.6. The first-order chi connectivity index (χ1) is 34.9. The summed E-state index contributed by atoms with van der Waals surface area (Å²) < 4.78 is 19.1. The summed E-state index contributed by atoms with van der Waals surface area (Å²) in [5.74, 6) is 7.94. The molecule has 0 amide bonds. The molecule has 0 saturated heterocycles. The summed E-state index contributed by atoms with van der Waals surface area (Å²) in [5.41, 5.74) is 6.11. The Morgan fingerprint density at radius 3 is 1.26 bits per heavy atom. The molecular formula is C65H98O8. The van der Waals surface area contributed by atoms with Gasteiger partial charge in [0, 0.05) is 34.4 Å². The predicted octanol–water partition coefficient (Wildman–Crippen LogP) is 17.5. The van der Waals surface area contributed by atoms with Gasteiger partial charge in [-0.3, -0.25) is 0 Å². The summed E-state index contributed by atoms with van der Waals surface area (Å²) in [6.45, 7) is 26.0. The normalized spacial score (nSPS) is 31.6. The fourth-order valence-corrected chi connectivity index (χ4v) is 15.4. The van der Waals surface area contributed by atoms with Crippen molar-refractivity contribution < 1.29 is 39.4 Å². The van der Waals surface area contributed by atoms with Gasteiger partial charge in [0.2, 0.25) is 0 Å². The van der Waals surface area contributed by atoms with E-state index in [1.165, 1.54) is 94.6 Å². The summed E-state index contributed by atoms with van der Waals surface area (Å²) in [6, 6.07) is 10.2. The largest absolute Gasteiger partial charge is 0.508 e. The maximum atomic E-state index is 11.8. The number of aromatic hydroxyl groups is 3. The van der Waals surface area contributed by atoms with Crippen molar-refractivity contribution in [3.05, 3.63) is 69.3 Å². The fraction of sp³-hybridized carbons (Fsp3) is 0.708. The number of benzene rings is 3. The van der Waals surface area contributed by atoms with E-state index >= 15 is 0 Å². The molecule has 3 aromatic rings. The summed E-state index contributed by atoms with van der Waals surface area (Å²) in [4.78, 5) is 11.8. The first-order valence-electron chi connectivity index (χ1n) is 29.9. The van der Waals surface area contributed by atoms with Crippen molar-refractivity contribution in [1.82, 2.24) is 0 Å². The van der Waals surface area contributed by atoms with E-state index in [0.29, 0.717) is 59.0 Å². The average Bonchev–Trinajstić information content (AvgIpc) is 3.87. The van der Waals surface area contributed by atoms with E-state index in [-0.39, 0.29) is 34.0 Å². The Morgan fingerprint density at radius 2 is 0.877 bits per heavy atom. The van der Waals surface area contributed by atoms with E-state index in [1.54, 1.807) is 0 Å². The van der Waals surface area contributed by atoms with E-state index in [2.05, 4.69) is 95.2 Å². The molecule has 4 N–H and O–H groups in total. The van der Waals surface area contributed by atoms with Crippen molar-refractivity contribution in [2.45, 2.75) is 259 Å². The molecule has 6 saturated carbocycles. The summed E-state index contributed by atoms with van der Waals surface area (Å²) in [5, 5.41) is 41.3. The van der Waals surface area contributed by atoms with Gasteiger partial charge in [-0.15, -0.1) is 0 Å². The zero-order chi connectivity index (χ0) is 53.0. The molecule has 0 bridgehead atoms. The van der Waals surface area contributed by atoms with Gasteiger partial charge in [-0.25, -0.2) is 4.79 Å². The number of unbranched alkanes of at least 4 members (excludes halogenated alkanes) is 4. The molecule has 12 atom stereocenters. The Kier molecular flexibility index (Phi) is 18.5. The standard InChI is InChI=1S/C20H26O4.C19H26O2.C17H22O2.3C3H8/c1-3-4-5-6-11-10-14-16(18(21)15(11)19(22)23)13-9-12-7-8-20(2,24-14)17(12)13;1-3-4-5-6-12-9-15(20)17-14-11-13-7-8-19(2,18(13)14)21-16(17)10-12;1-3-4-10-7-13(18)15-12-9-11-5-6-17(2,16(11)12)19-14(15)8-10;3*1-3-2/h10,12-13,17,21H,3-9H2,1-2H3,(H,22,23);9-10,13-14,18,20H,3-8,11H2,1-2H3;7-8,11-12,16,18H,3-6,9H2,1-2H3;3*3H2,1-2H3/t12?,13-,17-,20-;13?,14-,18-,19-;11?,12-,16-,17-;;;/m111.../s1. The minimum Gasteiger partial charge on any atom is -0.508 e. The number of carbonyl (C=O) groups is 1. The minimum absolute atomic E-state index is 0.0229. The van der Waals surface area contributed by atoms with Gasteiger partial charge in [0.05, 0.1) is 0 Å². The highest BCUT2D eigenvalue weighted by atomic mass is 16.5. The zero-order valence-electron chi connectivity index (χ0n) is 47.6. The zero-order valence-corrected chi connectivity index (χ0v) is 47.6. The van der Waals surface area contributed by atoms with Crippen LogP contribution in [0.5, 0.6) is 34.5 Å². The van der Waals surface area contributed by atoms with Crippen LogP contribution in [0, 0.1) is 35.5 Å². The number of hydrogen-bond donors (Lipinski definition) is 4. The lowest BCUT2D eigenvalue weighted by Crippen LogP contribution is -2.50. The first kappa shape index (κ1) is 56.7. The van der Waals surface area contributed by atoms with Crippen LogP contribution >= 0.6 is 0 Å². The molecule has 73 heavy (non-hydrogen) atoms. The Balaban J connectivity index is 0.000000149. The van der Waals surface area contributed by atoms with Gasteiger partial charge < -0.3 is 34.6 Å². The molecule has 3 aromatic carbocycles. The second kappa shape index (κ2) is 23.9. The molecule has 3 aliphatic heterocycles. The predicted molar refractivity (Wildman–Crippen MR) is 297 cm³/mol. The van der Waals surface area contributed by atoms with Crippen molar-refractivity contribution >= 4 is 5.97 Å². The van der Waals surface area contributed by atoms with E-state index in [9.17, 15) is 25.2 Å². The van der Waals surface area contributed by atoms with Crippen molar-refractivity contribution in [1.29, 1.82) is 0 Å². The van der Waals surface area contributed by atoms with Crippen molar-refractivity contribution in [3.63, 3.8) is 0 Å². The monoisotopic (exact) mass is 1010 g/mol. The summed E-state index contributed by atoms with van der Waals surface area (Å²) in [7, 11) is 0. The van der Waals surface area contributed by atoms with Crippen LogP contribution in [-0.4, -0.2) is 43.2 Å². The van der Waals surface area contributed by atoms with Gasteiger partial charge in [0.15, 0.2) is 0 Å². The Bertz CT molecular complexity index is 2350. The molecule has 3 unspecified atom stereocenters. The lowest BCUT2D eigenvalue weighted by atomic mass is 9.58. The maximum Gasteiger partial charge on any atom is 0.339 e. The van der Waals surface area contributed by atoms with Crippen molar-refractivity contribution in [2.75, 3.05) is 0 Å². The molecule has 9 aliphatic rings. The number of rotatable bonds is 11. The van der Waals surface area contributed by atoms with E-state index in [0.717, 1.165) is 97.1 Å². The smallest absolute Gasteiger partial charge is 0.339 e. The van der Waals surface area contributed by atoms with E-state index < -0.39 is 5.97 Å². The van der Waals surface area contributed by atoms with Crippen LogP contribution in [0.1, 0.15) is 267 Å². The van der Waals surface area contributed by atoms with Crippen LogP contribution < -0.4 is 14.2 Å². The Morgan fingerprint density at radius 1 is 0.507 bits per heavy atom. The third-order valence-electron chi connectivity index (χ3n) is 18.4. The summed E-state index contributed by atoms with van der Waals surface area (Å²) >= 11 is 0. The third-order valence-corrected chi connectivity index (χ3v) is 18.4. The number of phenols is 3. The molecule has 6 aliphatic carbocycles. The number of carboxylic acid groups (broad SMARTS) is 1. The molecule has 12 rings (SSSR count). The van der Waals surface area contributed by atoms with Crippen molar-refractivity contribution in [3.8, 4) is 34.5 Å². The number of carboxylic acids is 1. The fourth-order valence-electron chi connectivity index (χ4n) is 15.4. The van der Waals surface area contributed by atoms with E-state index in [4.69, 9.17) is 14.2 Å². The number of aryl methyl sites for hydroxylation is 3.